The highest BCUT2D eigenvalue weighted by atomic mass is 35.5. The minimum absolute atomic E-state index is 0. The topological polar surface area (TPSA) is 105 Å². The summed E-state index contributed by atoms with van der Waals surface area (Å²) in [5.74, 6) is -0.635. The van der Waals surface area contributed by atoms with Gasteiger partial charge in [-0.3, -0.25) is 14.5 Å². The van der Waals surface area contributed by atoms with Crippen molar-refractivity contribution in [3.8, 4) is 0 Å². The fourth-order valence-electron chi connectivity index (χ4n) is 3.75. The molecule has 1 spiro atoms. The maximum Gasteiger partial charge on any atom is 0.325 e. The van der Waals surface area contributed by atoms with Gasteiger partial charge in [-0.25, -0.2) is 4.79 Å². The van der Waals surface area contributed by atoms with E-state index in [4.69, 9.17) is 5.73 Å². The molecule has 1 aromatic rings. The van der Waals surface area contributed by atoms with Gasteiger partial charge < -0.3 is 16.4 Å². The molecule has 2 unspecified atom stereocenters. The van der Waals surface area contributed by atoms with Crippen molar-refractivity contribution < 1.29 is 14.4 Å². The minimum Gasteiger partial charge on any atom is -0.399 e. The first-order chi connectivity index (χ1) is 11.8. The van der Waals surface area contributed by atoms with Gasteiger partial charge in [-0.15, -0.1) is 12.4 Å². The Morgan fingerprint density at radius 2 is 2.12 bits per heavy atom. The molecule has 2 aliphatic rings. The second-order valence-electron chi connectivity index (χ2n) is 7.06. The Hall–Kier alpha value is -2.28. The van der Waals surface area contributed by atoms with Gasteiger partial charge in [-0.05, 0) is 43.4 Å². The van der Waals surface area contributed by atoms with Crippen LogP contribution in [-0.4, -0.2) is 34.8 Å². The summed E-state index contributed by atoms with van der Waals surface area (Å²) in [4.78, 5) is 38.5. The number of urea groups is 1. The Labute approximate surface area is 159 Å². The van der Waals surface area contributed by atoms with Crippen molar-refractivity contribution in [2.24, 2.45) is 5.92 Å². The largest absolute Gasteiger partial charge is 0.399 e. The number of amides is 4. The van der Waals surface area contributed by atoms with E-state index in [2.05, 4.69) is 10.6 Å². The van der Waals surface area contributed by atoms with Gasteiger partial charge >= 0.3 is 6.03 Å². The van der Waals surface area contributed by atoms with E-state index in [1.807, 2.05) is 13.8 Å². The van der Waals surface area contributed by atoms with Crippen molar-refractivity contribution >= 4 is 41.6 Å². The Bertz CT molecular complexity index is 739. The molecule has 0 aromatic heterocycles. The fraction of sp³-hybridized carbons (Fsp3) is 0.500. The van der Waals surface area contributed by atoms with Crippen LogP contribution in [0.25, 0.3) is 0 Å². The van der Waals surface area contributed by atoms with Gasteiger partial charge in [0.05, 0.1) is 0 Å². The summed E-state index contributed by atoms with van der Waals surface area (Å²) in [6.07, 6.45) is 3.49. The highest BCUT2D eigenvalue weighted by molar-refractivity contribution is 6.10. The van der Waals surface area contributed by atoms with E-state index in [0.29, 0.717) is 17.8 Å². The molecule has 1 aliphatic heterocycles. The number of hydrogen-bond acceptors (Lipinski definition) is 4. The first kappa shape index (κ1) is 20.0. The molecule has 4 N–H and O–H groups in total. The van der Waals surface area contributed by atoms with Crippen molar-refractivity contribution in [3.63, 3.8) is 0 Å². The van der Waals surface area contributed by atoms with Crippen molar-refractivity contribution in [2.45, 2.75) is 45.1 Å². The molecule has 2 atom stereocenters. The summed E-state index contributed by atoms with van der Waals surface area (Å²) >= 11 is 0. The lowest BCUT2D eigenvalue weighted by Crippen LogP contribution is -2.54. The summed E-state index contributed by atoms with van der Waals surface area (Å²) in [5, 5.41) is 5.57. The molecule has 0 bridgehead atoms. The third-order valence-corrected chi connectivity index (χ3v) is 5.34. The molecule has 26 heavy (non-hydrogen) atoms. The standard InChI is InChI=1S/C18H24N4O3.ClH/c1-11-6-7-13(19)9-14(11)20-15(23)10-22-16(24)18(21-17(22)25)8-4-3-5-12(18)2;/h6-7,9,12H,3-5,8,10,19H2,1-2H3,(H,20,23)(H,21,25);1H. The van der Waals surface area contributed by atoms with Crippen molar-refractivity contribution in [1.82, 2.24) is 10.2 Å². The molecule has 0 radical (unpaired) electrons. The molecule has 1 heterocycles. The van der Waals surface area contributed by atoms with E-state index in [1.165, 1.54) is 0 Å². The summed E-state index contributed by atoms with van der Waals surface area (Å²) in [6, 6.07) is 4.72. The van der Waals surface area contributed by atoms with E-state index < -0.39 is 17.5 Å². The Morgan fingerprint density at radius 3 is 2.81 bits per heavy atom. The Kier molecular flexibility index (Phi) is 5.81. The zero-order chi connectivity index (χ0) is 18.2. The van der Waals surface area contributed by atoms with Crippen molar-refractivity contribution in [1.29, 1.82) is 0 Å². The molecule has 8 heteroatoms. The van der Waals surface area contributed by atoms with Crippen LogP contribution in [0.15, 0.2) is 18.2 Å². The fourth-order valence-corrected chi connectivity index (χ4v) is 3.75. The lowest BCUT2D eigenvalue weighted by molar-refractivity contribution is -0.136. The number of aryl methyl sites for hydroxylation is 1. The lowest BCUT2D eigenvalue weighted by atomic mass is 9.73. The van der Waals surface area contributed by atoms with Crippen LogP contribution in [0.2, 0.25) is 0 Å². The molecule has 7 nitrogen and oxygen atoms in total. The number of benzene rings is 1. The van der Waals surface area contributed by atoms with Gasteiger partial charge in [-0.2, -0.15) is 0 Å². The zero-order valence-electron chi connectivity index (χ0n) is 15.0. The number of carbonyl (C=O) groups is 3. The van der Waals surface area contributed by atoms with Gasteiger partial charge in [-0.1, -0.05) is 25.8 Å². The number of imide groups is 1. The quantitative estimate of drug-likeness (QED) is 0.553. The number of carbonyl (C=O) groups excluding carboxylic acids is 3. The van der Waals surface area contributed by atoms with Crippen LogP contribution in [0.1, 0.15) is 38.2 Å². The smallest absolute Gasteiger partial charge is 0.325 e. The Morgan fingerprint density at radius 1 is 1.38 bits per heavy atom. The predicted octanol–water partition coefficient (Wildman–Crippen LogP) is 2.44. The van der Waals surface area contributed by atoms with Crippen LogP contribution in [0.4, 0.5) is 16.2 Å². The number of anilines is 2. The van der Waals surface area contributed by atoms with Gasteiger partial charge in [0.15, 0.2) is 0 Å². The van der Waals surface area contributed by atoms with E-state index in [1.54, 1.807) is 18.2 Å². The molecule has 1 aliphatic carbocycles. The zero-order valence-corrected chi connectivity index (χ0v) is 15.8. The maximum atomic E-state index is 12.9. The maximum absolute atomic E-state index is 12.9. The van der Waals surface area contributed by atoms with Crippen LogP contribution >= 0.6 is 12.4 Å². The summed E-state index contributed by atoms with van der Waals surface area (Å²) in [5.41, 5.74) is 6.87. The SMILES string of the molecule is Cc1ccc(N)cc1NC(=O)CN1C(=O)NC2(CCCCC2C)C1=O.Cl. The number of nitrogens with two attached hydrogens (primary N) is 1. The minimum atomic E-state index is -0.845. The van der Waals surface area contributed by atoms with Crippen LogP contribution < -0.4 is 16.4 Å². The van der Waals surface area contributed by atoms with Gasteiger partial charge in [0, 0.05) is 11.4 Å². The third kappa shape index (κ3) is 3.49. The molecular weight excluding hydrogens is 356 g/mol. The third-order valence-electron chi connectivity index (χ3n) is 5.34. The number of nitrogens with one attached hydrogen (secondary N) is 2. The molecule has 4 amide bonds. The number of halogens is 1. The predicted molar refractivity (Wildman–Crippen MR) is 102 cm³/mol. The molecule has 1 aromatic carbocycles. The molecule has 1 saturated heterocycles. The highest BCUT2D eigenvalue weighted by Crippen LogP contribution is 2.38. The summed E-state index contributed by atoms with van der Waals surface area (Å²) < 4.78 is 0. The van der Waals surface area contributed by atoms with Gasteiger partial charge in [0.2, 0.25) is 5.91 Å². The van der Waals surface area contributed by atoms with E-state index >= 15 is 0 Å². The van der Waals surface area contributed by atoms with Crippen molar-refractivity contribution in [2.75, 3.05) is 17.6 Å². The molecule has 142 valence electrons. The number of rotatable bonds is 3. The summed E-state index contributed by atoms with van der Waals surface area (Å²) in [7, 11) is 0. The number of nitrogen functional groups attached to an aromatic ring is 1. The molecule has 3 rings (SSSR count). The monoisotopic (exact) mass is 380 g/mol. The highest BCUT2D eigenvalue weighted by Gasteiger charge is 2.55. The average Bonchev–Trinajstić information content (AvgIpc) is 2.79. The van der Waals surface area contributed by atoms with Gasteiger partial charge in [0.1, 0.15) is 12.1 Å². The molecular formula is C18H25ClN4O3. The number of nitrogens with zero attached hydrogens (tertiary/aromatic N) is 1. The average molecular weight is 381 g/mol. The normalized spacial score (nSPS) is 25.0. The van der Waals surface area contributed by atoms with E-state index in [0.717, 1.165) is 29.7 Å². The van der Waals surface area contributed by atoms with Crippen molar-refractivity contribution in [3.05, 3.63) is 23.8 Å². The second-order valence-corrected chi connectivity index (χ2v) is 7.06. The first-order valence-corrected chi connectivity index (χ1v) is 8.63. The Balaban J connectivity index is 0.00000243. The number of hydrogen-bond donors (Lipinski definition) is 3. The van der Waals surface area contributed by atoms with E-state index in [9.17, 15) is 14.4 Å². The van der Waals surface area contributed by atoms with Crippen LogP contribution in [0.3, 0.4) is 0 Å². The van der Waals surface area contributed by atoms with Gasteiger partial charge in [0.25, 0.3) is 5.91 Å². The summed E-state index contributed by atoms with van der Waals surface area (Å²) in [6.45, 7) is 3.53. The van der Waals surface area contributed by atoms with Crippen LogP contribution in [0, 0.1) is 12.8 Å². The molecule has 2 fully saturated rings. The van der Waals surface area contributed by atoms with E-state index in [-0.39, 0.29) is 30.8 Å². The first-order valence-electron chi connectivity index (χ1n) is 8.63. The van der Waals surface area contributed by atoms with Crippen LogP contribution in [0.5, 0.6) is 0 Å². The van der Waals surface area contributed by atoms with Crippen LogP contribution in [-0.2, 0) is 9.59 Å². The lowest BCUT2D eigenvalue weighted by Gasteiger charge is -2.36. The molecule has 1 saturated carbocycles. The second kappa shape index (κ2) is 7.53.